The van der Waals surface area contributed by atoms with E-state index in [2.05, 4.69) is 11.9 Å². The molecule has 0 aromatic carbocycles. The molecule has 2 rings (SSSR count). The second kappa shape index (κ2) is 8.72. The van der Waals surface area contributed by atoms with E-state index in [0.29, 0.717) is 25.4 Å². The summed E-state index contributed by atoms with van der Waals surface area (Å²) in [6.45, 7) is 3.51. The molecule has 1 heterocycles. The van der Waals surface area contributed by atoms with Crippen molar-refractivity contribution in [1.29, 1.82) is 0 Å². The van der Waals surface area contributed by atoms with Gasteiger partial charge in [-0.1, -0.05) is 6.42 Å². The molecule has 1 atom stereocenters. The molecular formula is C18H31N3O3. The quantitative estimate of drug-likeness (QED) is 0.583. The van der Waals surface area contributed by atoms with Crippen LogP contribution >= 0.6 is 0 Å². The van der Waals surface area contributed by atoms with E-state index >= 15 is 0 Å². The first kappa shape index (κ1) is 19.1. The third-order valence-electron chi connectivity index (χ3n) is 5.84. The van der Waals surface area contributed by atoms with Gasteiger partial charge in [0.1, 0.15) is 12.6 Å². The van der Waals surface area contributed by atoms with Crippen molar-refractivity contribution in [2.45, 2.75) is 44.1 Å². The second-order valence-electron chi connectivity index (χ2n) is 7.42. The summed E-state index contributed by atoms with van der Waals surface area (Å²) in [5, 5.41) is 0. The molecule has 136 valence electrons. The molecule has 6 heteroatoms. The van der Waals surface area contributed by atoms with E-state index in [0.717, 1.165) is 64.3 Å². The molecule has 0 aromatic rings. The van der Waals surface area contributed by atoms with Gasteiger partial charge in [-0.15, -0.1) is 0 Å². The molecule has 2 aliphatic rings. The summed E-state index contributed by atoms with van der Waals surface area (Å²) in [4.78, 5) is 40.7. The fourth-order valence-corrected chi connectivity index (χ4v) is 3.77. The number of carbonyl (C=O) groups is 3. The number of likely N-dealkylation sites (N-methyl/N-ethyl adjacent to an activating group) is 2. The summed E-state index contributed by atoms with van der Waals surface area (Å²) in [7, 11) is 4.03. The number of hydrogen-bond acceptors (Lipinski definition) is 5. The van der Waals surface area contributed by atoms with Crippen LogP contribution in [-0.4, -0.2) is 85.5 Å². The zero-order valence-corrected chi connectivity index (χ0v) is 15.1. The topological polar surface area (TPSA) is 60.9 Å². The molecule has 24 heavy (non-hydrogen) atoms. The van der Waals surface area contributed by atoms with Gasteiger partial charge in [0.25, 0.3) is 0 Å². The molecule has 0 bridgehead atoms. The van der Waals surface area contributed by atoms with Crippen LogP contribution in [0.1, 0.15) is 38.5 Å². The van der Waals surface area contributed by atoms with E-state index in [4.69, 9.17) is 0 Å². The summed E-state index contributed by atoms with van der Waals surface area (Å²) in [6.07, 6.45) is 7.21. The van der Waals surface area contributed by atoms with Gasteiger partial charge in [0.2, 0.25) is 5.91 Å². The van der Waals surface area contributed by atoms with Crippen LogP contribution in [0, 0.1) is 5.92 Å². The Morgan fingerprint density at radius 1 is 1.21 bits per heavy atom. The number of nitrogens with zero attached hydrogens (tertiary/aromatic N) is 3. The maximum absolute atomic E-state index is 12.7. The highest BCUT2D eigenvalue weighted by molar-refractivity contribution is 5.79. The van der Waals surface area contributed by atoms with Crippen LogP contribution in [0.3, 0.4) is 0 Å². The lowest BCUT2D eigenvalue weighted by Crippen LogP contribution is -2.63. The van der Waals surface area contributed by atoms with Crippen molar-refractivity contribution in [2.24, 2.45) is 5.92 Å². The minimum atomic E-state index is -0.171. The van der Waals surface area contributed by atoms with Gasteiger partial charge in [-0.05, 0) is 39.8 Å². The Bertz CT molecular complexity index is 453. The molecule has 1 saturated carbocycles. The maximum Gasteiger partial charge on any atom is 0.225 e. The van der Waals surface area contributed by atoms with Gasteiger partial charge in [0, 0.05) is 44.1 Å². The lowest BCUT2D eigenvalue weighted by atomic mass is 9.81. The molecule has 6 nitrogen and oxygen atoms in total. The number of aldehydes is 2. The molecule has 0 N–H and O–H groups in total. The molecule has 0 aromatic heterocycles. The number of hydrogen-bond donors (Lipinski definition) is 0. The monoisotopic (exact) mass is 337 g/mol. The predicted molar refractivity (Wildman–Crippen MR) is 92.8 cm³/mol. The van der Waals surface area contributed by atoms with E-state index in [1.807, 2.05) is 16.8 Å². The Morgan fingerprint density at radius 2 is 1.96 bits per heavy atom. The van der Waals surface area contributed by atoms with E-state index in [1.54, 1.807) is 0 Å². The minimum Gasteiger partial charge on any atom is -0.339 e. The zero-order valence-electron chi connectivity index (χ0n) is 15.1. The Kier molecular flexibility index (Phi) is 6.92. The third-order valence-corrected chi connectivity index (χ3v) is 5.84. The minimum absolute atomic E-state index is 0.171. The first-order chi connectivity index (χ1) is 11.5. The van der Waals surface area contributed by atoms with Crippen molar-refractivity contribution in [1.82, 2.24) is 14.7 Å². The second-order valence-corrected chi connectivity index (χ2v) is 7.42. The molecule has 2 fully saturated rings. The zero-order chi connectivity index (χ0) is 17.6. The highest BCUT2D eigenvalue weighted by Gasteiger charge is 2.42. The number of amides is 1. The highest BCUT2D eigenvalue weighted by Crippen LogP contribution is 2.33. The summed E-state index contributed by atoms with van der Waals surface area (Å²) < 4.78 is 0. The van der Waals surface area contributed by atoms with Crippen molar-refractivity contribution < 1.29 is 14.4 Å². The highest BCUT2D eigenvalue weighted by atomic mass is 16.2. The van der Waals surface area contributed by atoms with Crippen LogP contribution in [0.2, 0.25) is 0 Å². The normalized spacial score (nSPS) is 25.5. The predicted octanol–water partition coefficient (Wildman–Crippen LogP) is 0.799. The van der Waals surface area contributed by atoms with Gasteiger partial charge in [-0.3, -0.25) is 14.6 Å². The first-order valence-electron chi connectivity index (χ1n) is 9.08. The van der Waals surface area contributed by atoms with Gasteiger partial charge in [0.15, 0.2) is 0 Å². The number of rotatable bonds is 9. The summed E-state index contributed by atoms with van der Waals surface area (Å²) >= 11 is 0. The van der Waals surface area contributed by atoms with Crippen LogP contribution in [0.15, 0.2) is 0 Å². The summed E-state index contributed by atoms with van der Waals surface area (Å²) in [6, 6.07) is 0. The van der Waals surface area contributed by atoms with E-state index in [9.17, 15) is 14.4 Å². The lowest BCUT2D eigenvalue weighted by Gasteiger charge is -2.51. The largest absolute Gasteiger partial charge is 0.339 e. The Balaban J connectivity index is 2.06. The summed E-state index contributed by atoms with van der Waals surface area (Å²) in [5.74, 6) is 0.515. The van der Waals surface area contributed by atoms with Crippen molar-refractivity contribution in [3.05, 3.63) is 0 Å². The third kappa shape index (κ3) is 4.42. The van der Waals surface area contributed by atoms with Crippen molar-refractivity contribution >= 4 is 18.5 Å². The maximum atomic E-state index is 12.7. The Morgan fingerprint density at radius 3 is 2.54 bits per heavy atom. The van der Waals surface area contributed by atoms with Gasteiger partial charge < -0.3 is 14.5 Å². The average Bonchev–Trinajstić information content (AvgIpc) is 2.51. The first-order valence-corrected chi connectivity index (χ1v) is 9.08. The van der Waals surface area contributed by atoms with Crippen molar-refractivity contribution in [3.63, 3.8) is 0 Å². The van der Waals surface area contributed by atoms with Crippen molar-refractivity contribution in [3.8, 4) is 0 Å². The van der Waals surface area contributed by atoms with E-state index in [-0.39, 0.29) is 11.5 Å². The van der Waals surface area contributed by atoms with Gasteiger partial charge in [0.05, 0.1) is 6.54 Å². The van der Waals surface area contributed by atoms with Gasteiger partial charge in [-0.2, -0.15) is 0 Å². The summed E-state index contributed by atoms with van der Waals surface area (Å²) in [5.41, 5.74) is -0.171. The molecule has 1 unspecified atom stereocenters. The molecule has 0 spiro atoms. The fourth-order valence-electron chi connectivity index (χ4n) is 3.77. The van der Waals surface area contributed by atoms with E-state index < -0.39 is 0 Å². The van der Waals surface area contributed by atoms with Gasteiger partial charge >= 0.3 is 0 Å². The molecule has 1 saturated heterocycles. The SMILES string of the molecule is CN(CC=O)CCC1(CCC=O)CN(C(=O)C2CCC2)CCN1C. The number of carbonyl (C=O) groups excluding carboxylic acids is 3. The number of piperazine rings is 1. The molecule has 0 radical (unpaired) electrons. The molecule has 1 amide bonds. The van der Waals surface area contributed by atoms with Crippen LogP contribution in [-0.2, 0) is 14.4 Å². The molecule has 1 aliphatic carbocycles. The average molecular weight is 337 g/mol. The van der Waals surface area contributed by atoms with Crippen molar-refractivity contribution in [2.75, 3.05) is 46.8 Å². The molecule has 1 aliphatic heterocycles. The van der Waals surface area contributed by atoms with Crippen LogP contribution < -0.4 is 0 Å². The van der Waals surface area contributed by atoms with Crippen LogP contribution in [0.5, 0.6) is 0 Å². The lowest BCUT2D eigenvalue weighted by molar-refractivity contribution is -0.144. The standard InChI is InChI=1S/C18H31N3O3/c1-19(12-14-23)9-8-18(7-4-13-22)15-21(11-10-20(18)2)17(24)16-5-3-6-16/h13-14,16H,3-12,15H2,1-2H3. The van der Waals surface area contributed by atoms with Crippen LogP contribution in [0.25, 0.3) is 0 Å². The molecular weight excluding hydrogens is 306 g/mol. The smallest absolute Gasteiger partial charge is 0.225 e. The van der Waals surface area contributed by atoms with Gasteiger partial charge in [-0.25, -0.2) is 0 Å². The Labute approximate surface area is 145 Å². The van der Waals surface area contributed by atoms with E-state index in [1.165, 1.54) is 0 Å². The Hall–Kier alpha value is -1.27. The fraction of sp³-hybridized carbons (Fsp3) is 0.833. The van der Waals surface area contributed by atoms with Crippen LogP contribution in [0.4, 0.5) is 0 Å².